The Morgan fingerprint density at radius 1 is 1.15 bits per heavy atom. The van der Waals surface area contributed by atoms with E-state index < -0.39 is 46.7 Å². The van der Waals surface area contributed by atoms with E-state index in [9.17, 15) is 19.2 Å². The van der Waals surface area contributed by atoms with E-state index in [1.165, 1.54) is 14.2 Å². The van der Waals surface area contributed by atoms with Crippen molar-refractivity contribution in [3.63, 3.8) is 0 Å². The summed E-state index contributed by atoms with van der Waals surface area (Å²) in [6.07, 6.45) is -0.179. The molecule has 2 aliphatic rings. The molecule has 2 N–H and O–H groups in total. The molecule has 2 saturated heterocycles. The number of hydrogen-bond acceptors (Lipinski definition) is 7. The molecular formula is C24H34N3O7+. The second-order valence-corrected chi connectivity index (χ2v) is 9.13. The zero-order chi connectivity index (χ0) is 25.0. The van der Waals surface area contributed by atoms with E-state index in [1.807, 2.05) is 13.8 Å². The Morgan fingerprint density at radius 2 is 1.82 bits per heavy atom. The van der Waals surface area contributed by atoms with E-state index in [0.717, 1.165) is 0 Å². The van der Waals surface area contributed by atoms with Crippen molar-refractivity contribution in [1.82, 2.24) is 10.6 Å². The lowest BCUT2D eigenvalue weighted by molar-refractivity contribution is -0.761. The topological polar surface area (TPSA) is 120 Å². The summed E-state index contributed by atoms with van der Waals surface area (Å²) in [6, 6.07) is 3.69. The van der Waals surface area contributed by atoms with Crippen LogP contribution in [0.5, 0.6) is 5.75 Å². The molecule has 2 fully saturated rings. The van der Waals surface area contributed by atoms with Gasteiger partial charge in [0.1, 0.15) is 17.9 Å². The van der Waals surface area contributed by atoms with Crippen molar-refractivity contribution in [2.24, 2.45) is 5.92 Å². The molecular weight excluding hydrogens is 442 g/mol. The number of quaternary nitrogens is 1. The molecule has 0 bridgehead atoms. The third kappa shape index (κ3) is 4.92. The minimum atomic E-state index is -0.958. The number of carbonyl (C=O) groups excluding carboxylic acids is 4. The SMILES string of the molecule is COc1cccc(C(=O)N[C@H](C(=O)[N+]2(C(=O)N[C@@H]3OC(=O)C[C@@H]3OC)CCCC2)C(C)C)c1C. The Balaban J connectivity index is 1.84. The maximum atomic E-state index is 13.8. The molecule has 34 heavy (non-hydrogen) atoms. The molecule has 0 radical (unpaired) electrons. The number of ether oxygens (including phenoxy) is 3. The molecule has 3 atom stereocenters. The van der Waals surface area contributed by atoms with Gasteiger partial charge in [-0.3, -0.25) is 14.9 Å². The fourth-order valence-electron chi connectivity index (χ4n) is 4.59. The maximum Gasteiger partial charge on any atom is 0.427 e. The minimum Gasteiger partial charge on any atom is -0.496 e. The molecule has 0 saturated carbocycles. The quantitative estimate of drug-likeness (QED) is 0.455. The normalized spacial score (nSPS) is 22.2. The Kier molecular flexibility index (Phi) is 7.93. The van der Waals surface area contributed by atoms with Crippen LogP contribution < -0.4 is 15.4 Å². The number of cyclic esters (lactones) is 1. The van der Waals surface area contributed by atoms with Crippen molar-refractivity contribution in [3.8, 4) is 5.75 Å². The Labute approximate surface area is 199 Å². The van der Waals surface area contributed by atoms with E-state index >= 15 is 0 Å². The van der Waals surface area contributed by atoms with Crippen molar-refractivity contribution >= 4 is 23.8 Å². The van der Waals surface area contributed by atoms with Crippen molar-refractivity contribution in [3.05, 3.63) is 29.3 Å². The van der Waals surface area contributed by atoms with Crippen LogP contribution in [0.4, 0.5) is 4.79 Å². The highest BCUT2D eigenvalue weighted by molar-refractivity contribution is 5.99. The van der Waals surface area contributed by atoms with Crippen LogP contribution in [0.15, 0.2) is 18.2 Å². The van der Waals surface area contributed by atoms with Crippen molar-refractivity contribution in [2.45, 2.75) is 58.4 Å². The standard InChI is InChI=1S/C24H33N3O7/c1-14(2)20(25-21(29)16-9-8-10-17(32-4)15(16)3)23(30)27(11-6-7-12-27)24(31)26-22-18(33-5)13-19(28)34-22/h8-10,14,18,20,22H,6-7,11-13H2,1-5H3,(H-,25,26,29,31)/p+1/t18-,20-,22+/m0/s1. The molecule has 186 valence electrons. The van der Waals surface area contributed by atoms with Gasteiger partial charge >= 0.3 is 17.9 Å². The number of nitrogens with one attached hydrogen (secondary N) is 2. The van der Waals surface area contributed by atoms with Crippen LogP contribution in [-0.4, -0.2) is 74.0 Å². The van der Waals surface area contributed by atoms with Crippen molar-refractivity contribution in [1.29, 1.82) is 0 Å². The molecule has 0 aliphatic carbocycles. The van der Waals surface area contributed by atoms with Crippen LogP contribution in [0.3, 0.4) is 0 Å². The second kappa shape index (κ2) is 10.5. The van der Waals surface area contributed by atoms with Gasteiger partial charge in [-0.15, -0.1) is 0 Å². The highest BCUT2D eigenvalue weighted by atomic mass is 16.6. The largest absolute Gasteiger partial charge is 0.496 e. The van der Waals surface area contributed by atoms with Gasteiger partial charge in [-0.2, -0.15) is 4.48 Å². The molecule has 3 rings (SSSR count). The fraction of sp³-hybridized carbons (Fsp3) is 0.583. The summed E-state index contributed by atoms with van der Waals surface area (Å²) in [5.41, 5.74) is 1.06. The number of carbonyl (C=O) groups is 4. The summed E-state index contributed by atoms with van der Waals surface area (Å²) in [6.45, 7) is 6.04. The molecule has 10 heteroatoms. The summed E-state index contributed by atoms with van der Waals surface area (Å²) < 4.78 is 15.3. The van der Waals surface area contributed by atoms with Crippen LogP contribution in [-0.2, 0) is 19.1 Å². The summed E-state index contributed by atoms with van der Waals surface area (Å²) in [5, 5.41) is 5.54. The summed E-state index contributed by atoms with van der Waals surface area (Å²) in [7, 11) is 2.96. The number of rotatable bonds is 7. The Bertz CT molecular complexity index is 956. The van der Waals surface area contributed by atoms with Crippen molar-refractivity contribution < 1.29 is 37.9 Å². The van der Waals surface area contributed by atoms with Crippen LogP contribution in [0.2, 0.25) is 0 Å². The van der Waals surface area contributed by atoms with Crippen LogP contribution >= 0.6 is 0 Å². The maximum absolute atomic E-state index is 13.8. The van der Waals surface area contributed by atoms with Crippen LogP contribution in [0.1, 0.15) is 49.0 Å². The Morgan fingerprint density at radius 3 is 2.41 bits per heavy atom. The first kappa shape index (κ1) is 25.6. The predicted octanol–water partition coefficient (Wildman–Crippen LogP) is 1.89. The van der Waals surface area contributed by atoms with Gasteiger partial charge in [0.25, 0.3) is 5.91 Å². The number of nitrogens with zero attached hydrogens (tertiary/aromatic N) is 1. The van der Waals surface area contributed by atoms with Crippen LogP contribution in [0.25, 0.3) is 0 Å². The average molecular weight is 477 g/mol. The van der Waals surface area contributed by atoms with E-state index in [1.54, 1.807) is 25.1 Å². The number of urea groups is 1. The lowest BCUT2D eigenvalue weighted by atomic mass is 10.00. The number of likely N-dealkylation sites (tertiary alicyclic amines) is 1. The number of imide groups is 1. The highest BCUT2D eigenvalue weighted by Gasteiger charge is 2.53. The summed E-state index contributed by atoms with van der Waals surface area (Å²) in [5.74, 6) is -0.969. The summed E-state index contributed by atoms with van der Waals surface area (Å²) >= 11 is 0. The number of esters is 1. The van der Waals surface area contributed by atoms with Gasteiger partial charge in [0.05, 0.1) is 26.6 Å². The molecule has 1 aromatic rings. The van der Waals surface area contributed by atoms with Gasteiger partial charge in [0, 0.05) is 31.1 Å². The smallest absolute Gasteiger partial charge is 0.427 e. The van der Waals surface area contributed by atoms with E-state index in [-0.39, 0.29) is 12.3 Å². The molecule has 1 aromatic carbocycles. The van der Waals surface area contributed by atoms with Gasteiger partial charge in [-0.05, 0) is 25.0 Å². The van der Waals surface area contributed by atoms with Gasteiger partial charge in [0.15, 0.2) is 0 Å². The second-order valence-electron chi connectivity index (χ2n) is 9.13. The molecule has 0 aromatic heterocycles. The van der Waals surface area contributed by atoms with Gasteiger partial charge in [-0.25, -0.2) is 9.59 Å². The zero-order valence-corrected chi connectivity index (χ0v) is 20.4. The minimum absolute atomic E-state index is 0.0277. The number of hydrogen-bond donors (Lipinski definition) is 2. The molecule has 2 aliphatic heterocycles. The van der Waals surface area contributed by atoms with Crippen LogP contribution in [0, 0.1) is 12.8 Å². The van der Waals surface area contributed by atoms with E-state index in [4.69, 9.17) is 14.2 Å². The predicted molar refractivity (Wildman–Crippen MR) is 122 cm³/mol. The highest BCUT2D eigenvalue weighted by Crippen LogP contribution is 2.26. The third-order valence-electron chi connectivity index (χ3n) is 6.64. The molecule has 0 spiro atoms. The van der Waals surface area contributed by atoms with E-state index in [2.05, 4.69) is 10.6 Å². The van der Waals surface area contributed by atoms with Gasteiger partial charge in [-0.1, -0.05) is 19.9 Å². The number of benzene rings is 1. The molecule has 0 unspecified atom stereocenters. The first-order valence-corrected chi connectivity index (χ1v) is 11.5. The fourth-order valence-corrected chi connectivity index (χ4v) is 4.59. The monoisotopic (exact) mass is 476 g/mol. The summed E-state index contributed by atoms with van der Waals surface area (Å²) in [4.78, 5) is 52.1. The number of amides is 4. The number of methoxy groups -OCH3 is 2. The van der Waals surface area contributed by atoms with Gasteiger partial charge in [0.2, 0.25) is 6.23 Å². The zero-order valence-electron chi connectivity index (χ0n) is 20.4. The van der Waals surface area contributed by atoms with Gasteiger partial charge < -0.3 is 19.5 Å². The molecule has 10 nitrogen and oxygen atoms in total. The first-order valence-electron chi connectivity index (χ1n) is 11.5. The average Bonchev–Trinajstić information content (AvgIpc) is 3.44. The Hall–Kier alpha value is -2.98. The van der Waals surface area contributed by atoms with E-state index in [0.29, 0.717) is 42.8 Å². The van der Waals surface area contributed by atoms with Crippen molar-refractivity contribution in [2.75, 3.05) is 27.3 Å². The lowest BCUT2D eigenvalue weighted by Gasteiger charge is -2.34. The molecule has 2 heterocycles. The third-order valence-corrected chi connectivity index (χ3v) is 6.64. The molecule has 4 amide bonds. The first-order chi connectivity index (χ1) is 16.1. The lowest BCUT2D eigenvalue weighted by Crippen LogP contribution is -2.67.